The molecule has 0 aromatic heterocycles. The number of ether oxygens (including phenoxy) is 7. The number of benzene rings is 3. The summed E-state index contributed by atoms with van der Waals surface area (Å²) in [6, 6.07) is 22.2. The molecule has 2 amide bonds. The van der Waals surface area contributed by atoms with Crippen LogP contribution in [0.2, 0.25) is 0 Å². The van der Waals surface area contributed by atoms with Gasteiger partial charge in [0.2, 0.25) is 6.10 Å². The number of aliphatic hydroxyl groups is 2. The van der Waals surface area contributed by atoms with E-state index in [4.69, 9.17) is 33.2 Å². The Kier molecular flexibility index (Phi) is 15.1. The van der Waals surface area contributed by atoms with Crippen molar-refractivity contribution in [2.24, 2.45) is 16.7 Å². The summed E-state index contributed by atoms with van der Waals surface area (Å²) in [6.45, 7) is 11.8. The fourth-order valence-electron chi connectivity index (χ4n) is 10.9. The van der Waals surface area contributed by atoms with Crippen LogP contribution in [0.5, 0.6) is 0 Å². The molecule has 0 unspecified atom stereocenters. The van der Waals surface area contributed by atoms with Crippen molar-refractivity contribution in [2.45, 2.75) is 135 Å². The van der Waals surface area contributed by atoms with Crippen LogP contribution in [-0.2, 0) is 57.1 Å². The van der Waals surface area contributed by atoms with Crippen LogP contribution >= 0.6 is 0 Å². The Morgan fingerprint density at radius 2 is 1.41 bits per heavy atom. The van der Waals surface area contributed by atoms with Gasteiger partial charge in [-0.2, -0.15) is 0 Å². The number of hydrogen-bond acceptors (Lipinski definition) is 17. The van der Waals surface area contributed by atoms with Gasteiger partial charge in [0.05, 0.1) is 29.6 Å². The van der Waals surface area contributed by atoms with Crippen molar-refractivity contribution in [3.05, 3.63) is 119 Å². The maximum atomic E-state index is 15.7. The molecule has 3 aromatic carbocycles. The maximum absolute atomic E-state index is 15.7. The summed E-state index contributed by atoms with van der Waals surface area (Å²) < 4.78 is 41.9. The zero-order chi connectivity index (χ0) is 53.4. The molecule has 2 saturated carbocycles. The molecule has 3 aromatic rings. The largest absolute Gasteiger partial charge is 0.455 e. The van der Waals surface area contributed by atoms with Crippen LogP contribution in [-0.4, -0.2) is 124 Å². The quantitative estimate of drug-likeness (QED) is 0.102. The minimum absolute atomic E-state index is 0.0251. The first kappa shape index (κ1) is 53.8. The number of nitrogens with one attached hydrogen (secondary N) is 2. The molecule has 390 valence electrons. The summed E-state index contributed by atoms with van der Waals surface area (Å²) in [5, 5.41) is 31.2. The van der Waals surface area contributed by atoms with Crippen LogP contribution in [0.3, 0.4) is 0 Å². The number of Topliss-reactive ketones (excluding diaryl/α,β-unsaturated/α-hetero) is 1. The van der Waals surface area contributed by atoms with E-state index in [1.807, 2.05) is 0 Å². The molecule has 1 aliphatic heterocycles. The number of aliphatic hydroxyl groups excluding tert-OH is 1. The summed E-state index contributed by atoms with van der Waals surface area (Å²) in [5.74, 6) is -8.44. The average molecular weight is 1010 g/mol. The van der Waals surface area contributed by atoms with Gasteiger partial charge in [0, 0.05) is 37.7 Å². The number of carbonyl (C=O) groups is 8. The second-order valence-electron chi connectivity index (χ2n) is 20.7. The summed E-state index contributed by atoms with van der Waals surface area (Å²) >= 11 is 0. The molecule has 7 rings (SSSR count). The van der Waals surface area contributed by atoms with Gasteiger partial charge in [0.1, 0.15) is 42.1 Å². The van der Waals surface area contributed by atoms with E-state index in [9.17, 15) is 39.0 Å². The van der Waals surface area contributed by atoms with Gasteiger partial charge < -0.3 is 54.0 Å². The molecule has 11 atom stereocenters. The van der Waals surface area contributed by atoms with Gasteiger partial charge in [0.15, 0.2) is 17.5 Å². The first-order chi connectivity index (χ1) is 34.2. The molecule has 19 nitrogen and oxygen atoms in total. The highest BCUT2D eigenvalue weighted by molar-refractivity contribution is 5.96. The zero-order valence-electron chi connectivity index (χ0n) is 42.1. The van der Waals surface area contributed by atoms with Crippen LogP contribution in [0.15, 0.2) is 102 Å². The van der Waals surface area contributed by atoms with Crippen LogP contribution in [0.25, 0.3) is 0 Å². The highest BCUT2D eigenvalue weighted by atomic mass is 16.6. The molecular weight excluding hydrogens is 949 g/mol. The van der Waals surface area contributed by atoms with E-state index in [0.29, 0.717) is 0 Å². The highest BCUT2D eigenvalue weighted by Gasteiger charge is 2.78. The third-order valence-corrected chi connectivity index (χ3v) is 14.5. The second kappa shape index (κ2) is 20.5. The third-order valence-electron chi connectivity index (χ3n) is 14.5. The van der Waals surface area contributed by atoms with Crippen LogP contribution in [0.4, 0.5) is 4.79 Å². The van der Waals surface area contributed by atoms with Crippen molar-refractivity contribution in [2.75, 3.05) is 13.2 Å². The number of rotatable bonds is 13. The molecular formula is C54H62N2O17. The highest BCUT2D eigenvalue weighted by Crippen LogP contribution is 2.64. The Labute approximate surface area is 422 Å². The Morgan fingerprint density at radius 3 is 1.96 bits per heavy atom. The predicted molar refractivity (Wildman–Crippen MR) is 256 cm³/mol. The van der Waals surface area contributed by atoms with Gasteiger partial charge in [-0.3, -0.25) is 24.0 Å². The Balaban J connectivity index is 1.40. The summed E-state index contributed by atoms with van der Waals surface area (Å²) in [4.78, 5) is 112. The van der Waals surface area contributed by atoms with Gasteiger partial charge in [-0.15, -0.1) is 0 Å². The first-order valence-electron chi connectivity index (χ1n) is 23.9. The minimum Gasteiger partial charge on any atom is -0.455 e. The van der Waals surface area contributed by atoms with Gasteiger partial charge >= 0.3 is 35.9 Å². The molecule has 0 spiro atoms. The number of amides is 2. The van der Waals surface area contributed by atoms with Crippen molar-refractivity contribution in [1.82, 2.24) is 10.6 Å². The number of hydrogen-bond donors (Lipinski definition) is 4. The molecule has 4 aliphatic rings. The van der Waals surface area contributed by atoms with Gasteiger partial charge in [0.25, 0.3) is 5.91 Å². The molecule has 19 heteroatoms. The van der Waals surface area contributed by atoms with E-state index in [-0.39, 0.29) is 40.9 Å². The lowest BCUT2D eigenvalue weighted by atomic mass is 9.44. The maximum Gasteiger partial charge on any atom is 0.408 e. The lowest BCUT2D eigenvalue weighted by molar-refractivity contribution is -0.346. The fourth-order valence-corrected chi connectivity index (χ4v) is 10.9. The fraction of sp³-hybridized carbons (Fsp3) is 0.481. The molecule has 4 N–H and O–H groups in total. The lowest BCUT2D eigenvalue weighted by Crippen LogP contribution is -2.82. The molecule has 1 heterocycles. The van der Waals surface area contributed by atoms with Crippen molar-refractivity contribution in [3.8, 4) is 0 Å². The minimum atomic E-state index is -2.50. The van der Waals surface area contributed by atoms with Crippen molar-refractivity contribution in [3.63, 3.8) is 0 Å². The van der Waals surface area contributed by atoms with Crippen molar-refractivity contribution in [1.29, 1.82) is 0 Å². The van der Waals surface area contributed by atoms with Gasteiger partial charge in [-0.25, -0.2) is 14.4 Å². The van der Waals surface area contributed by atoms with E-state index in [2.05, 4.69) is 10.6 Å². The van der Waals surface area contributed by atoms with E-state index in [1.165, 1.54) is 52.0 Å². The van der Waals surface area contributed by atoms with Crippen molar-refractivity contribution >= 4 is 47.6 Å². The SMILES string of the molecule is CC(=O)O[C@H]1C(=O)[C@@]2(C)[C@H]([C@H](OC(=O)c3ccccc3)[C@]3(O)C[C@H](OC(=O)[C@H](OC(=O)CNC(=O)OC(C)(C)C)[C@@H](NC(=O)c4ccccc4)c4ccccc4)C(C)=C1C3(C)C)[C@]1(OC(C)=O)CO[C@@H]1C[C@@H]2O. The summed E-state index contributed by atoms with van der Waals surface area (Å²) in [6.07, 6.45) is -12.1. The number of alkyl carbamates (subject to hydrolysis) is 1. The predicted octanol–water partition coefficient (Wildman–Crippen LogP) is 4.81. The van der Waals surface area contributed by atoms with Crippen LogP contribution < -0.4 is 10.6 Å². The number of carbonyl (C=O) groups excluding carboxylic acids is 8. The van der Waals surface area contributed by atoms with Gasteiger partial charge in [-0.1, -0.05) is 80.6 Å². The van der Waals surface area contributed by atoms with E-state index < -0.39 is 137 Å². The number of esters is 5. The van der Waals surface area contributed by atoms with Crippen LogP contribution in [0.1, 0.15) is 107 Å². The molecule has 1 saturated heterocycles. The smallest absolute Gasteiger partial charge is 0.408 e. The van der Waals surface area contributed by atoms with E-state index in [1.54, 1.807) is 87.5 Å². The Morgan fingerprint density at radius 1 is 0.822 bits per heavy atom. The normalized spacial score (nSPS) is 28.8. The Bertz CT molecular complexity index is 2670. The molecule has 3 fully saturated rings. The van der Waals surface area contributed by atoms with Crippen LogP contribution in [0, 0.1) is 16.7 Å². The number of fused-ring (bicyclic) bond motifs is 5. The standard InChI is InChI=1S/C54H62N2O17/c1-29-35(69-48(64)42(70-38(60)27-55-49(65)73-50(4,5)6)40(32-19-13-10-14-20-32)56-46(62)33-21-15-11-16-22-33)26-54(66)45(71-47(63)34-23-17-12-18-24-34)43-52(9,36(59)25-37-53(43,28-67-37)72-31(3)58)44(61)41(68-30(2)57)39(29)51(54,7)8/h10-24,35-37,40-43,45,59,66H,25-28H2,1-9H3,(H,55,65)(H,56,62)/t35-,36-,37+,40-,41+,42+,43-,45-,52+,53-,54+/m0/s1. The van der Waals surface area contributed by atoms with Crippen molar-refractivity contribution < 1.29 is 81.7 Å². The topological polar surface area (TPSA) is 266 Å². The second-order valence-corrected chi connectivity index (χ2v) is 20.7. The average Bonchev–Trinajstić information content (AvgIpc) is 3.32. The first-order valence-corrected chi connectivity index (χ1v) is 23.9. The van der Waals surface area contributed by atoms with E-state index in [0.717, 1.165) is 13.8 Å². The monoisotopic (exact) mass is 1010 g/mol. The lowest BCUT2D eigenvalue weighted by Gasteiger charge is -2.67. The third kappa shape index (κ3) is 10.3. The Hall–Kier alpha value is -6.96. The zero-order valence-corrected chi connectivity index (χ0v) is 42.1. The summed E-state index contributed by atoms with van der Waals surface area (Å²) in [5.41, 5.74) is -8.70. The van der Waals surface area contributed by atoms with E-state index >= 15 is 9.59 Å². The van der Waals surface area contributed by atoms with Gasteiger partial charge in [-0.05, 0) is 75.6 Å². The molecule has 2 bridgehead atoms. The molecule has 3 aliphatic carbocycles. The summed E-state index contributed by atoms with van der Waals surface area (Å²) in [7, 11) is 0. The molecule has 73 heavy (non-hydrogen) atoms. The molecule has 0 radical (unpaired) electrons. The number of ketones is 1.